The topological polar surface area (TPSA) is 75.7 Å². The summed E-state index contributed by atoms with van der Waals surface area (Å²) in [6, 6.07) is 8.46. The van der Waals surface area contributed by atoms with E-state index in [1.165, 1.54) is 6.92 Å². The van der Waals surface area contributed by atoms with E-state index >= 15 is 0 Å². The van der Waals surface area contributed by atoms with Gasteiger partial charge in [0.25, 0.3) is 0 Å². The number of anilines is 1. The van der Waals surface area contributed by atoms with Gasteiger partial charge < -0.3 is 10.1 Å². The molecule has 0 aliphatic rings. The number of amides is 1. The summed E-state index contributed by atoms with van der Waals surface area (Å²) in [5, 5.41) is 2.67. The van der Waals surface area contributed by atoms with Crippen molar-refractivity contribution in [2.24, 2.45) is 0 Å². The van der Waals surface area contributed by atoms with Crippen LogP contribution in [0.5, 0.6) is 5.75 Å². The van der Waals surface area contributed by atoms with E-state index in [-0.39, 0.29) is 12.3 Å². The fourth-order valence-electron chi connectivity index (χ4n) is 2.69. The molecule has 0 aromatic heterocycles. The van der Waals surface area contributed by atoms with Crippen molar-refractivity contribution in [2.75, 3.05) is 17.2 Å². The molecule has 1 amide bonds. The number of nitrogens with one attached hydrogen (secondary N) is 1. The predicted octanol–water partition coefficient (Wildman–Crippen LogP) is 3.01. The zero-order chi connectivity index (χ0) is 21.8. The SMILES string of the molecule is Cc1ccc(OC[C@H](C)NC(=O)[C@@H](C)N(c2ccc(F)c(F)c2)S(C)(=O)=O)cc1. The predicted molar refractivity (Wildman–Crippen MR) is 107 cm³/mol. The molecule has 2 rings (SSSR count). The van der Waals surface area contributed by atoms with Crippen LogP contribution in [0.4, 0.5) is 14.5 Å². The highest BCUT2D eigenvalue weighted by Gasteiger charge is 2.30. The van der Waals surface area contributed by atoms with Crippen LogP contribution in [-0.2, 0) is 14.8 Å². The minimum atomic E-state index is -3.93. The van der Waals surface area contributed by atoms with Gasteiger partial charge in [0.15, 0.2) is 11.6 Å². The van der Waals surface area contributed by atoms with Crippen molar-refractivity contribution in [3.8, 4) is 5.75 Å². The van der Waals surface area contributed by atoms with Crippen LogP contribution in [0.3, 0.4) is 0 Å². The number of hydrogen-bond donors (Lipinski definition) is 1. The second kappa shape index (κ2) is 9.21. The summed E-state index contributed by atoms with van der Waals surface area (Å²) in [7, 11) is -3.93. The van der Waals surface area contributed by atoms with Crippen LogP contribution >= 0.6 is 0 Å². The average Bonchev–Trinajstić information content (AvgIpc) is 2.63. The van der Waals surface area contributed by atoms with E-state index in [1.807, 2.05) is 19.1 Å². The van der Waals surface area contributed by atoms with Gasteiger partial charge in [-0.3, -0.25) is 9.10 Å². The minimum Gasteiger partial charge on any atom is -0.491 e. The molecule has 0 aliphatic carbocycles. The van der Waals surface area contributed by atoms with Gasteiger partial charge in [-0.1, -0.05) is 17.7 Å². The summed E-state index contributed by atoms with van der Waals surface area (Å²) in [4.78, 5) is 12.6. The molecule has 2 atom stereocenters. The van der Waals surface area contributed by atoms with E-state index < -0.39 is 39.6 Å². The van der Waals surface area contributed by atoms with E-state index in [0.717, 1.165) is 34.3 Å². The van der Waals surface area contributed by atoms with Gasteiger partial charge >= 0.3 is 0 Å². The molecule has 0 spiro atoms. The smallest absolute Gasteiger partial charge is 0.243 e. The first kappa shape index (κ1) is 22.6. The molecule has 6 nitrogen and oxygen atoms in total. The van der Waals surface area contributed by atoms with Crippen molar-refractivity contribution in [2.45, 2.75) is 32.9 Å². The number of nitrogens with zero attached hydrogens (tertiary/aromatic N) is 1. The normalized spacial score (nSPS) is 13.4. The Morgan fingerprint density at radius 2 is 1.72 bits per heavy atom. The van der Waals surface area contributed by atoms with Gasteiger partial charge in [-0.2, -0.15) is 0 Å². The summed E-state index contributed by atoms with van der Waals surface area (Å²) in [5.74, 6) is -2.27. The molecule has 0 saturated carbocycles. The van der Waals surface area contributed by atoms with Crippen LogP contribution in [0.2, 0.25) is 0 Å². The van der Waals surface area contributed by atoms with Crippen LogP contribution in [0.25, 0.3) is 0 Å². The zero-order valence-corrected chi connectivity index (χ0v) is 17.5. The van der Waals surface area contributed by atoms with E-state index in [1.54, 1.807) is 19.1 Å². The number of carbonyl (C=O) groups is 1. The van der Waals surface area contributed by atoms with Gasteiger partial charge in [-0.25, -0.2) is 17.2 Å². The van der Waals surface area contributed by atoms with Crippen molar-refractivity contribution >= 4 is 21.6 Å². The minimum absolute atomic E-state index is 0.141. The van der Waals surface area contributed by atoms with E-state index in [4.69, 9.17) is 4.74 Å². The van der Waals surface area contributed by atoms with Gasteiger partial charge in [0.05, 0.1) is 18.0 Å². The standard InChI is InChI=1S/C20H24F2N2O4S/c1-13-5-8-17(9-6-13)28-12-14(2)23-20(25)15(3)24(29(4,26)27)16-7-10-18(21)19(22)11-16/h5-11,14-15H,12H2,1-4H3,(H,23,25)/t14-,15+/m0/s1. The van der Waals surface area contributed by atoms with Gasteiger partial charge in [0, 0.05) is 6.07 Å². The molecule has 158 valence electrons. The molecule has 0 bridgehead atoms. The summed E-state index contributed by atoms with van der Waals surface area (Å²) < 4.78 is 57.5. The Hall–Kier alpha value is -2.68. The Balaban J connectivity index is 2.08. The number of sulfonamides is 1. The monoisotopic (exact) mass is 426 g/mol. The second-order valence-electron chi connectivity index (χ2n) is 6.87. The second-order valence-corrected chi connectivity index (χ2v) is 8.73. The molecular weight excluding hydrogens is 402 g/mol. The lowest BCUT2D eigenvalue weighted by atomic mass is 10.2. The number of carbonyl (C=O) groups excluding carboxylic acids is 1. The fourth-order valence-corrected chi connectivity index (χ4v) is 3.86. The lowest BCUT2D eigenvalue weighted by Crippen LogP contribution is -2.50. The molecule has 0 unspecified atom stereocenters. The van der Waals surface area contributed by atoms with E-state index in [9.17, 15) is 22.0 Å². The highest BCUT2D eigenvalue weighted by molar-refractivity contribution is 7.92. The van der Waals surface area contributed by atoms with Crippen molar-refractivity contribution in [1.29, 1.82) is 0 Å². The Labute approximate surface area is 169 Å². The van der Waals surface area contributed by atoms with Gasteiger partial charge in [0.2, 0.25) is 15.9 Å². The van der Waals surface area contributed by atoms with Gasteiger partial charge in [0.1, 0.15) is 18.4 Å². The van der Waals surface area contributed by atoms with Crippen LogP contribution in [0.1, 0.15) is 19.4 Å². The maximum absolute atomic E-state index is 13.6. The zero-order valence-electron chi connectivity index (χ0n) is 16.6. The number of ether oxygens (including phenoxy) is 1. The summed E-state index contributed by atoms with van der Waals surface area (Å²) >= 11 is 0. The third kappa shape index (κ3) is 6.15. The number of benzene rings is 2. The molecule has 2 aromatic carbocycles. The molecule has 0 radical (unpaired) electrons. The molecular formula is C20H24F2N2O4S. The Kier molecular flexibility index (Phi) is 7.18. The maximum Gasteiger partial charge on any atom is 0.243 e. The molecule has 1 N–H and O–H groups in total. The van der Waals surface area contributed by atoms with Crippen LogP contribution in [0, 0.1) is 18.6 Å². The lowest BCUT2D eigenvalue weighted by molar-refractivity contribution is -0.122. The summed E-state index contributed by atoms with van der Waals surface area (Å²) in [5.41, 5.74) is 0.947. The number of hydrogen-bond acceptors (Lipinski definition) is 4. The van der Waals surface area contributed by atoms with Crippen molar-refractivity contribution < 1.29 is 26.7 Å². The molecule has 2 aromatic rings. The Morgan fingerprint density at radius 1 is 1.10 bits per heavy atom. The van der Waals surface area contributed by atoms with Gasteiger partial charge in [-0.05, 0) is 45.0 Å². The third-order valence-corrected chi connectivity index (χ3v) is 5.40. The number of rotatable bonds is 8. The number of aryl methyl sites for hydroxylation is 1. The first-order valence-electron chi connectivity index (χ1n) is 8.93. The summed E-state index contributed by atoms with van der Waals surface area (Å²) in [6.45, 7) is 5.20. The first-order chi connectivity index (χ1) is 13.5. The third-order valence-electron chi connectivity index (χ3n) is 4.16. The largest absolute Gasteiger partial charge is 0.491 e. The molecule has 0 aliphatic heterocycles. The first-order valence-corrected chi connectivity index (χ1v) is 10.8. The maximum atomic E-state index is 13.6. The van der Waals surface area contributed by atoms with Crippen LogP contribution in [-0.4, -0.2) is 39.3 Å². The molecule has 29 heavy (non-hydrogen) atoms. The summed E-state index contributed by atoms with van der Waals surface area (Å²) in [6.07, 6.45) is 0.891. The molecule has 0 fully saturated rings. The van der Waals surface area contributed by atoms with Crippen LogP contribution in [0.15, 0.2) is 42.5 Å². The fraction of sp³-hybridized carbons (Fsp3) is 0.350. The van der Waals surface area contributed by atoms with Crippen molar-refractivity contribution in [1.82, 2.24) is 5.32 Å². The number of halogens is 2. The van der Waals surface area contributed by atoms with Crippen molar-refractivity contribution in [3.63, 3.8) is 0 Å². The van der Waals surface area contributed by atoms with E-state index in [2.05, 4.69) is 5.32 Å². The molecule has 0 heterocycles. The quantitative estimate of drug-likeness (QED) is 0.704. The Bertz CT molecular complexity index is 965. The average molecular weight is 426 g/mol. The lowest BCUT2D eigenvalue weighted by Gasteiger charge is -2.29. The highest BCUT2D eigenvalue weighted by Crippen LogP contribution is 2.23. The van der Waals surface area contributed by atoms with Crippen LogP contribution < -0.4 is 14.4 Å². The highest BCUT2D eigenvalue weighted by atomic mass is 32.2. The Morgan fingerprint density at radius 3 is 2.28 bits per heavy atom. The van der Waals surface area contributed by atoms with E-state index in [0.29, 0.717) is 5.75 Å². The van der Waals surface area contributed by atoms with Crippen molar-refractivity contribution in [3.05, 3.63) is 59.7 Å². The molecule has 0 saturated heterocycles. The van der Waals surface area contributed by atoms with Gasteiger partial charge in [-0.15, -0.1) is 0 Å². The molecule has 9 heteroatoms.